The molecule has 1 aliphatic heterocycles. The van der Waals surface area contributed by atoms with Crippen LogP contribution in [0.1, 0.15) is 12.8 Å². The summed E-state index contributed by atoms with van der Waals surface area (Å²) in [5.74, 6) is -1.09. The number of fused-ring (bicyclic) bond motifs is 1. The van der Waals surface area contributed by atoms with Crippen molar-refractivity contribution >= 4 is 32.4 Å². The van der Waals surface area contributed by atoms with Gasteiger partial charge in [-0.15, -0.1) is 0 Å². The van der Waals surface area contributed by atoms with E-state index < -0.39 is 15.9 Å². The van der Waals surface area contributed by atoms with Crippen molar-refractivity contribution in [3.63, 3.8) is 0 Å². The summed E-state index contributed by atoms with van der Waals surface area (Å²) in [6.07, 6.45) is 1.21. The minimum atomic E-state index is -3.69. The molecule has 3 aromatic rings. The molecule has 0 radical (unpaired) electrons. The normalized spacial score (nSPS) is 17.9. The lowest BCUT2D eigenvalue weighted by Gasteiger charge is -2.31. The number of halogens is 1. The highest BCUT2D eigenvalue weighted by Crippen LogP contribution is 2.27. The van der Waals surface area contributed by atoms with Crippen molar-refractivity contribution in [1.82, 2.24) is 4.31 Å². The lowest BCUT2D eigenvalue weighted by molar-refractivity contribution is -0.120. The Hall–Kier alpha value is -2.77. The highest BCUT2D eigenvalue weighted by molar-refractivity contribution is 7.89. The molecule has 1 amide bonds. The highest BCUT2D eigenvalue weighted by atomic mass is 32.2. The van der Waals surface area contributed by atoms with Gasteiger partial charge in [-0.25, -0.2) is 12.8 Å². The Morgan fingerprint density at radius 3 is 2.48 bits per heavy atom. The van der Waals surface area contributed by atoms with E-state index in [2.05, 4.69) is 5.32 Å². The molecule has 1 aliphatic rings. The van der Waals surface area contributed by atoms with Crippen molar-refractivity contribution in [2.45, 2.75) is 17.7 Å². The second-order valence-corrected chi connectivity index (χ2v) is 9.15. The van der Waals surface area contributed by atoms with Gasteiger partial charge in [0.1, 0.15) is 5.82 Å². The molecule has 1 N–H and O–H groups in total. The number of amides is 1. The van der Waals surface area contributed by atoms with E-state index in [1.807, 2.05) is 24.3 Å². The molecule has 0 saturated carbocycles. The van der Waals surface area contributed by atoms with E-state index in [9.17, 15) is 17.6 Å². The van der Waals surface area contributed by atoms with Crippen molar-refractivity contribution in [3.05, 3.63) is 72.5 Å². The number of hydrogen-bond acceptors (Lipinski definition) is 3. The molecular weight excluding hydrogens is 391 g/mol. The van der Waals surface area contributed by atoms with Crippen LogP contribution in [0, 0.1) is 11.7 Å². The van der Waals surface area contributed by atoms with Crippen LogP contribution in [0.25, 0.3) is 10.8 Å². The summed E-state index contributed by atoms with van der Waals surface area (Å²) in [5, 5.41) is 4.58. The first kappa shape index (κ1) is 19.5. The van der Waals surface area contributed by atoms with Crippen LogP contribution < -0.4 is 5.32 Å². The lowest BCUT2D eigenvalue weighted by atomic mass is 9.99. The number of benzene rings is 3. The minimum Gasteiger partial charge on any atom is -0.326 e. The summed E-state index contributed by atoms with van der Waals surface area (Å²) < 4.78 is 40.7. The summed E-state index contributed by atoms with van der Waals surface area (Å²) in [7, 11) is -3.69. The maximum Gasteiger partial charge on any atom is 0.243 e. The summed E-state index contributed by atoms with van der Waals surface area (Å²) in [6, 6.07) is 18.2. The van der Waals surface area contributed by atoms with E-state index in [0.717, 1.165) is 10.8 Å². The Morgan fingerprint density at radius 2 is 1.72 bits per heavy atom. The van der Waals surface area contributed by atoms with E-state index in [4.69, 9.17) is 0 Å². The molecule has 7 heteroatoms. The molecule has 0 unspecified atom stereocenters. The van der Waals surface area contributed by atoms with Crippen LogP contribution in [-0.4, -0.2) is 31.7 Å². The topological polar surface area (TPSA) is 66.5 Å². The summed E-state index contributed by atoms with van der Waals surface area (Å²) >= 11 is 0. The van der Waals surface area contributed by atoms with Gasteiger partial charge in [0.15, 0.2) is 0 Å². The molecule has 5 nitrogen and oxygen atoms in total. The van der Waals surface area contributed by atoms with Crippen LogP contribution >= 0.6 is 0 Å². The van der Waals surface area contributed by atoms with Crippen LogP contribution in [0.3, 0.4) is 0 Å². The zero-order valence-corrected chi connectivity index (χ0v) is 16.5. The van der Waals surface area contributed by atoms with Crippen LogP contribution in [0.4, 0.5) is 10.1 Å². The first-order valence-electron chi connectivity index (χ1n) is 9.49. The number of rotatable bonds is 4. The molecule has 4 rings (SSSR count). The second-order valence-electron chi connectivity index (χ2n) is 7.21. The standard InChI is InChI=1S/C22H21FN2O3S/c23-19-8-10-20(11-9-19)24-22(26)18-6-3-13-25(15-18)29(27,28)21-12-7-16-4-1-2-5-17(16)14-21/h1-2,4-5,7-12,14,18H,3,6,13,15H2,(H,24,26)/t18-/m0/s1. The molecule has 1 atom stereocenters. The average molecular weight is 412 g/mol. The van der Waals surface area contributed by atoms with Crippen LogP contribution in [0.15, 0.2) is 71.6 Å². The van der Waals surface area contributed by atoms with Gasteiger partial charge in [0.05, 0.1) is 10.8 Å². The monoisotopic (exact) mass is 412 g/mol. The molecule has 3 aromatic carbocycles. The molecule has 150 valence electrons. The Morgan fingerprint density at radius 1 is 1.00 bits per heavy atom. The zero-order chi connectivity index (χ0) is 20.4. The van der Waals surface area contributed by atoms with Crippen LogP contribution in [0.5, 0.6) is 0 Å². The maximum atomic E-state index is 13.1. The fraction of sp³-hybridized carbons (Fsp3) is 0.227. The molecule has 0 spiro atoms. The largest absolute Gasteiger partial charge is 0.326 e. The van der Waals surface area contributed by atoms with E-state index in [1.165, 1.54) is 28.6 Å². The van der Waals surface area contributed by atoms with Gasteiger partial charge in [0, 0.05) is 18.8 Å². The molecule has 1 saturated heterocycles. The molecule has 1 fully saturated rings. The fourth-order valence-corrected chi connectivity index (χ4v) is 5.19. The van der Waals surface area contributed by atoms with Gasteiger partial charge in [-0.1, -0.05) is 30.3 Å². The van der Waals surface area contributed by atoms with Gasteiger partial charge >= 0.3 is 0 Å². The fourth-order valence-electron chi connectivity index (χ4n) is 3.63. The zero-order valence-electron chi connectivity index (χ0n) is 15.7. The van der Waals surface area contributed by atoms with E-state index in [-0.39, 0.29) is 23.2 Å². The number of nitrogens with one attached hydrogen (secondary N) is 1. The van der Waals surface area contributed by atoms with Crippen molar-refractivity contribution in [1.29, 1.82) is 0 Å². The Bertz CT molecular complexity index is 1150. The summed E-state index contributed by atoms with van der Waals surface area (Å²) in [4.78, 5) is 12.8. The molecule has 0 aromatic heterocycles. The quantitative estimate of drug-likeness (QED) is 0.704. The highest BCUT2D eigenvalue weighted by Gasteiger charge is 2.33. The predicted molar refractivity (Wildman–Crippen MR) is 110 cm³/mol. The van der Waals surface area contributed by atoms with Gasteiger partial charge in [0.25, 0.3) is 0 Å². The number of sulfonamides is 1. The van der Waals surface area contributed by atoms with Gasteiger partial charge in [0.2, 0.25) is 15.9 Å². The first-order valence-corrected chi connectivity index (χ1v) is 10.9. The van der Waals surface area contributed by atoms with E-state index in [0.29, 0.717) is 25.1 Å². The third-order valence-electron chi connectivity index (χ3n) is 5.23. The third kappa shape index (κ3) is 4.16. The second kappa shape index (κ2) is 7.93. The molecule has 0 bridgehead atoms. The lowest BCUT2D eigenvalue weighted by Crippen LogP contribution is -2.43. The number of piperidine rings is 1. The number of carbonyl (C=O) groups excluding carboxylic acids is 1. The van der Waals surface area contributed by atoms with Crippen molar-refractivity contribution in [2.24, 2.45) is 5.92 Å². The summed E-state index contributed by atoms with van der Waals surface area (Å²) in [6.45, 7) is 0.512. The Balaban J connectivity index is 1.51. The number of anilines is 1. The SMILES string of the molecule is O=C(Nc1ccc(F)cc1)[C@H]1CCCN(S(=O)(=O)c2ccc3ccccc3c2)C1. The van der Waals surface area contributed by atoms with Crippen LogP contribution in [-0.2, 0) is 14.8 Å². The van der Waals surface area contributed by atoms with Gasteiger partial charge < -0.3 is 5.32 Å². The van der Waals surface area contributed by atoms with Crippen molar-refractivity contribution in [3.8, 4) is 0 Å². The Kier molecular flexibility index (Phi) is 5.34. The van der Waals surface area contributed by atoms with Gasteiger partial charge in [-0.3, -0.25) is 4.79 Å². The molecule has 0 aliphatic carbocycles. The van der Waals surface area contributed by atoms with Crippen molar-refractivity contribution in [2.75, 3.05) is 18.4 Å². The van der Waals surface area contributed by atoms with Crippen LogP contribution in [0.2, 0.25) is 0 Å². The maximum absolute atomic E-state index is 13.1. The first-order chi connectivity index (χ1) is 13.9. The van der Waals surface area contributed by atoms with Gasteiger partial charge in [-0.2, -0.15) is 4.31 Å². The smallest absolute Gasteiger partial charge is 0.243 e. The third-order valence-corrected chi connectivity index (χ3v) is 7.09. The average Bonchev–Trinajstić information content (AvgIpc) is 2.75. The van der Waals surface area contributed by atoms with Crippen molar-refractivity contribution < 1.29 is 17.6 Å². The van der Waals surface area contributed by atoms with Gasteiger partial charge in [-0.05, 0) is 60.0 Å². The number of hydrogen-bond donors (Lipinski definition) is 1. The minimum absolute atomic E-state index is 0.127. The Labute approximate surface area is 169 Å². The van der Waals surface area contributed by atoms with E-state index >= 15 is 0 Å². The number of nitrogens with zero attached hydrogens (tertiary/aromatic N) is 1. The molecule has 1 heterocycles. The predicted octanol–water partition coefficient (Wildman–Crippen LogP) is 4.02. The van der Waals surface area contributed by atoms with E-state index in [1.54, 1.807) is 18.2 Å². The summed E-state index contributed by atoms with van der Waals surface area (Å²) in [5.41, 5.74) is 0.492. The number of carbonyl (C=O) groups is 1. The molecule has 29 heavy (non-hydrogen) atoms. The molecular formula is C22H21FN2O3S.